The van der Waals surface area contributed by atoms with E-state index in [0.29, 0.717) is 10.0 Å². The maximum Gasteiger partial charge on any atom is 0.289 e. The van der Waals surface area contributed by atoms with Crippen LogP contribution in [0.1, 0.15) is 5.56 Å². The number of rotatable bonds is 5. The maximum atomic E-state index is 12.1. The molecule has 1 aromatic heterocycles. The minimum atomic E-state index is -4.00. The Bertz CT molecular complexity index is 730. The van der Waals surface area contributed by atoms with Crippen LogP contribution in [0.25, 0.3) is 0 Å². The van der Waals surface area contributed by atoms with Gasteiger partial charge in [0.2, 0.25) is 10.0 Å². The van der Waals surface area contributed by atoms with Gasteiger partial charge in [-0.15, -0.1) is 0 Å². The summed E-state index contributed by atoms with van der Waals surface area (Å²) in [6.45, 7) is -0.0114. The minimum absolute atomic E-state index is 0.0114. The van der Waals surface area contributed by atoms with Crippen LogP contribution in [0, 0.1) is 10.1 Å². The highest BCUT2D eigenvalue weighted by Crippen LogP contribution is 2.27. The molecule has 20 heavy (non-hydrogen) atoms. The zero-order valence-electron chi connectivity index (χ0n) is 9.91. The lowest BCUT2D eigenvalue weighted by atomic mass is 10.3. The van der Waals surface area contributed by atoms with Gasteiger partial charge in [0.1, 0.15) is 0 Å². The van der Waals surface area contributed by atoms with E-state index in [2.05, 4.69) is 30.8 Å². The Labute approximate surface area is 122 Å². The summed E-state index contributed by atoms with van der Waals surface area (Å²) in [6.07, 6.45) is 2.98. The summed E-state index contributed by atoms with van der Waals surface area (Å²) in [5.41, 5.74) is 0.138. The minimum Gasteiger partial charge on any atom is -0.285 e. The maximum absolute atomic E-state index is 12.1. The Morgan fingerprint density at radius 2 is 2.20 bits per heavy atom. The second-order valence-electron chi connectivity index (χ2n) is 3.80. The average Bonchev–Trinajstić information content (AvgIpc) is 2.89. The van der Waals surface area contributed by atoms with Gasteiger partial charge < -0.3 is 0 Å². The highest BCUT2D eigenvalue weighted by atomic mass is 79.9. The van der Waals surface area contributed by atoms with Crippen molar-refractivity contribution in [3.05, 3.63) is 50.7 Å². The third-order valence-corrected chi connectivity index (χ3v) is 4.35. The predicted octanol–water partition coefficient (Wildman–Crippen LogP) is 1.56. The number of benzene rings is 1. The van der Waals surface area contributed by atoms with Crippen LogP contribution in [0.2, 0.25) is 0 Å². The number of nitro groups is 1. The lowest BCUT2D eigenvalue weighted by Crippen LogP contribution is -2.24. The molecule has 0 aliphatic rings. The van der Waals surface area contributed by atoms with Gasteiger partial charge in [0, 0.05) is 28.8 Å². The molecule has 106 valence electrons. The quantitative estimate of drug-likeness (QED) is 0.619. The van der Waals surface area contributed by atoms with Crippen molar-refractivity contribution in [2.75, 3.05) is 0 Å². The summed E-state index contributed by atoms with van der Waals surface area (Å²) in [6, 6.07) is 3.74. The fourth-order valence-corrected chi connectivity index (χ4v) is 3.21. The number of H-pyrrole nitrogens is 1. The van der Waals surface area contributed by atoms with Crippen molar-refractivity contribution in [2.24, 2.45) is 0 Å². The number of nitrogens with one attached hydrogen (secondary N) is 2. The van der Waals surface area contributed by atoms with E-state index in [1.807, 2.05) is 0 Å². The fourth-order valence-electron chi connectivity index (χ4n) is 1.48. The molecule has 10 heteroatoms. The van der Waals surface area contributed by atoms with Crippen LogP contribution in [0.5, 0.6) is 0 Å². The Morgan fingerprint density at radius 3 is 2.80 bits per heavy atom. The molecule has 0 saturated heterocycles. The third kappa shape index (κ3) is 3.21. The lowest BCUT2D eigenvalue weighted by Gasteiger charge is -2.06. The number of nitro benzene ring substituents is 1. The highest BCUT2D eigenvalue weighted by molar-refractivity contribution is 9.10. The second kappa shape index (κ2) is 5.69. The highest BCUT2D eigenvalue weighted by Gasteiger charge is 2.25. The Morgan fingerprint density at radius 1 is 1.45 bits per heavy atom. The molecule has 0 aliphatic heterocycles. The first kappa shape index (κ1) is 14.6. The van der Waals surface area contributed by atoms with E-state index in [1.54, 1.807) is 0 Å². The summed E-state index contributed by atoms with van der Waals surface area (Å²) in [7, 11) is -4.00. The number of hydrogen-bond acceptors (Lipinski definition) is 5. The van der Waals surface area contributed by atoms with Crippen molar-refractivity contribution < 1.29 is 13.3 Å². The van der Waals surface area contributed by atoms with Gasteiger partial charge >= 0.3 is 0 Å². The van der Waals surface area contributed by atoms with E-state index in [-0.39, 0.29) is 11.4 Å². The Balaban J connectivity index is 2.33. The molecule has 2 N–H and O–H groups in total. The summed E-state index contributed by atoms with van der Waals surface area (Å²) in [5.74, 6) is 0. The molecule has 0 aliphatic carbocycles. The van der Waals surface area contributed by atoms with Crippen molar-refractivity contribution in [1.29, 1.82) is 0 Å². The molecule has 1 heterocycles. The fraction of sp³-hybridized carbons (Fsp3) is 0.100. The van der Waals surface area contributed by atoms with Crippen molar-refractivity contribution in [1.82, 2.24) is 14.9 Å². The molecule has 0 amide bonds. The number of aromatic nitrogens is 2. The van der Waals surface area contributed by atoms with Crippen LogP contribution >= 0.6 is 15.9 Å². The molecule has 8 nitrogen and oxygen atoms in total. The SMILES string of the molecule is O=[N+]([O-])c1ccc(Br)cc1S(=O)(=O)NCc1cn[nH]c1. The second-order valence-corrected chi connectivity index (χ2v) is 6.45. The van der Waals surface area contributed by atoms with Gasteiger partial charge in [-0.05, 0) is 12.1 Å². The van der Waals surface area contributed by atoms with E-state index in [0.717, 1.165) is 6.07 Å². The topological polar surface area (TPSA) is 118 Å². The van der Waals surface area contributed by atoms with Crippen molar-refractivity contribution >= 4 is 31.6 Å². The number of nitrogens with zero attached hydrogens (tertiary/aromatic N) is 2. The number of aromatic amines is 1. The van der Waals surface area contributed by atoms with E-state index >= 15 is 0 Å². The molecule has 1 aromatic carbocycles. The van der Waals surface area contributed by atoms with E-state index in [4.69, 9.17) is 0 Å². The summed E-state index contributed by atoms with van der Waals surface area (Å²) >= 11 is 3.10. The lowest BCUT2D eigenvalue weighted by molar-refractivity contribution is -0.387. The number of halogens is 1. The van der Waals surface area contributed by atoms with Crippen molar-refractivity contribution in [2.45, 2.75) is 11.4 Å². The molecule has 0 atom stereocenters. The van der Waals surface area contributed by atoms with Crippen LogP contribution in [0.15, 0.2) is 40.0 Å². The molecule has 0 radical (unpaired) electrons. The van der Waals surface area contributed by atoms with E-state index < -0.39 is 20.6 Å². The van der Waals surface area contributed by atoms with Gasteiger partial charge in [-0.1, -0.05) is 15.9 Å². The standard InChI is InChI=1S/C10H9BrN4O4S/c11-8-1-2-9(15(16)17)10(3-8)20(18,19)14-6-7-4-12-13-5-7/h1-5,14H,6H2,(H,12,13). The average molecular weight is 361 g/mol. The van der Waals surface area contributed by atoms with Gasteiger partial charge in [0.15, 0.2) is 4.90 Å². The number of hydrogen-bond donors (Lipinski definition) is 2. The monoisotopic (exact) mass is 360 g/mol. The molecule has 0 unspecified atom stereocenters. The Hall–Kier alpha value is -1.78. The number of sulfonamides is 1. The Kier molecular flexibility index (Phi) is 4.16. The zero-order valence-corrected chi connectivity index (χ0v) is 12.3. The van der Waals surface area contributed by atoms with Gasteiger partial charge in [0.25, 0.3) is 5.69 Å². The smallest absolute Gasteiger partial charge is 0.285 e. The normalized spacial score (nSPS) is 11.4. The first-order valence-electron chi connectivity index (χ1n) is 5.31. The molecule has 0 saturated carbocycles. The molecule has 0 bridgehead atoms. The summed E-state index contributed by atoms with van der Waals surface area (Å²) in [5, 5.41) is 17.1. The molecular formula is C10H9BrN4O4S. The van der Waals surface area contributed by atoms with Gasteiger partial charge in [-0.2, -0.15) is 5.10 Å². The summed E-state index contributed by atoms with van der Waals surface area (Å²) < 4.78 is 27.0. The first-order chi connectivity index (χ1) is 9.40. The molecule has 2 rings (SSSR count). The van der Waals surface area contributed by atoms with Crippen LogP contribution in [0.4, 0.5) is 5.69 Å². The van der Waals surface area contributed by atoms with Gasteiger partial charge in [-0.25, -0.2) is 13.1 Å². The van der Waals surface area contributed by atoms with Crippen LogP contribution in [0.3, 0.4) is 0 Å². The predicted molar refractivity (Wildman–Crippen MR) is 73.4 cm³/mol. The van der Waals surface area contributed by atoms with Crippen LogP contribution in [-0.4, -0.2) is 23.5 Å². The van der Waals surface area contributed by atoms with Crippen molar-refractivity contribution in [3.8, 4) is 0 Å². The van der Waals surface area contributed by atoms with Crippen LogP contribution in [-0.2, 0) is 16.6 Å². The van der Waals surface area contributed by atoms with Gasteiger partial charge in [0.05, 0.1) is 11.1 Å². The first-order valence-corrected chi connectivity index (χ1v) is 7.59. The summed E-state index contributed by atoms with van der Waals surface area (Å²) in [4.78, 5) is 9.77. The van der Waals surface area contributed by atoms with Crippen molar-refractivity contribution in [3.63, 3.8) is 0 Å². The largest absolute Gasteiger partial charge is 0.289 e. The van der Waals surface area contributed by atoms with Gasteiger partial charge in [-0.3, -0.25) is 15.2 Å². The van der Waals surface area contributed by atoms with E-state index in [1.165, 1.54) is 24.5 Å². The molecule has 0 fully saturated rings. The third-order valence-electron chi connectivity index (χ3n) is 2.43. The van der Waals surface area contributed by atoms with Crippen LogP contribution < -0.4 is 4.72 Å². The van der Waals surface area contributed by atoms with E-state index in [9.17, 15) is 18.5 Å². The zero-order chi connectivity index (χ0) is 14.8. The molecule has 0 spiro atoms. The molecular weight excluding hydrogens is 352 g/mol. The molecule has 2 aromatic rings.